The summed E-state index contributed by atoms with van der Waals surface area (Å²) in [6, 6.07) is 20.3. The molecule has 0 saturated carbocycles. The van der Waals surface area contributed by atoms with E-state index in [1.807, 2.05) is 44.2 Å². The first-order valence-corrected chi connectivity index (χ1v) is 13.9. The van der Waals surface area contributed by atoms with Gasteiger partial charge in [0.1, 0.15) is 12.6 Å². The smallest absolute Gasteiger partial charge is 0.264 e. The quantitative estimate of drug-likeness (QED) is 0.371. The van der Waals surface area contributed by atoms with Crippen LogP contribution in [0.1, 0.15) is 26.3 Å². The highest BCUT2D eigenvalue weighted by molar-refractivity contribution is 7.92. The molecule has 3 rings (SSSR count). The summed E-state index contributed by atoms with van der Waals surface area (Å²) in [6.45, 7) is 4.77. The SMILES string of the molecule is CC(C)NC(=O)C(C)N(Cc1ccccc1)C(=O)CN(c1cc(Cl)ccc1Cl)S(=O)(=O)c1ccccc1. The fourth-order valence-electron chi connectivity index (χ4n) is 3.68. The maximum atomic E-state index is 13.8. The van der Waals surface area contributed by atoms with Crippen molar-refractivity contribution in [2.45, 2.75) is 44.3 Å². The van der Waals surface area contributed by atoms with Gasteiger partial charge in [-0.15, -0.1) is 0 Å². The summed E-state index contributed by atoms with van der Waals surface area (Å²) in [6.07, 6.45) is 0. The molecule has 0 aliphatic carbocycles. The molecule has 0 fully saturated rings. The molecule has 2 amide bonds. The van der Waals surface area contributed by atoms with E-state index in [1.165, 1.54) is 35.2 Å². The zero-order valence-corrected chi connectivity index (χ0v) is 23.1. The molecule has 37 heavy (non-hydrogen) atoms. The summed E-state index contributed by atoms with van der Waals surface area (Å²) in [5, 5.41) is 3.18. The monoisotopic (exact) mass is 561 g/mol. The van der Waals surface area contributed by atoms with E-state index in [-0.39, 0.29) is 39.1 Å². The molecule has 196 valence electrons. The highest BCUT2D eigenvalue weighted by Gasteiger charge is 2.33. The molecular formula is C27H29Cl2N3O4S. The van der Waals surface area contributed by atoms with Crippen LogP contribution in [0, 0.1) is 0 Å². The van der Waals surface area contributed by atoms with Crippen LogP contribution in [0.2, 0.25) is 10.0 Å². The molecule has 10 heteroatoms. The zero-order chi connectivity index (χ0) is 27.2. The fraction of sp³-hybridized carbons (Fsp3) is 0.259. The third-order valence-electron chi connectivity index (χ3n) is 5.58. The van der Waals surface area contributed by atoms with Crippen molar-refractivity contribution in [3.63, 3.8) is 0 Å². The van der Waals surface area contributed by atoms with Crippen LogP contribution in [0.4, 0.5) is 5.69 Å². The Labute approximate surface area is 228 Å². The Balaban J connectivity index is 2.05. The summed E-state index contributed by atoms with van der Waals surface area (Å²) in [5.41, 5.74) is 0.851. The molecule has 0 aliphatic rings. The number of nitrogens with one attached hydrogen (secondary N) is 1. The first-order valence-electron chi connectivity index (χ1n) is 11.7. The number of amides is 2. The van der Waals surface area contributed by atoms with E-state index in [9.17, 15) is 18.0 Å². The number of halogens is 2. The number of hydrogen-bond acceptors (Lipinski definition) is 4. The number of carbonyl (C=O) groups is 2. The molecule has 3 aromatic carbocycles. The van der Waals surface area contributed by atoms with E-state index < -0.39 is 28.5 Å². The number of carbonyl (C=O) groups excluding carboxylic acids is 2. The number of nitrogens with zero attached hydrogens (tertiary/aromatic N) is 2. The molecule has 3 aromatic rings. The normalized spacial score (nSPS) is 12.2. The fourth-order valence-corrected chi connectivity index (χ4v) is 5.56. The molecule has 7 nitrogen and oxygen atoms in total. The van der Waals surface area contributed by atoms with Crippen molar-refractivity contribution in [2.75, 3.05) is 10.8 Å². The van der Waals surface area contributed by atoms with Crippen molar-refractivity contribution < 1.29 is 18.0 Å². The predicted octanol–water partition coefficient (Wildman–Crippen LogP) is 5.13. The first-order chi connectivity index (χ1) is 17.5. The summed E-state index contributed by atoms with van der Waals surface area (Å²) >= 11 is 12.6. The lowest BCUT2D eigenvalue weighted by molar-refractivity contribution is -0.139. The Kier molecular flexibility index (Phi) is 9.59. The van der Waals surface area contributed by atoms with E-state index in [4.69, 9.17) is 23.2 Å². The Bertz CT molecular complexity index is 1340. The predicted molar refractivity (Wildman–Crippen MR) is 147 cm³/mol. The maximum absolute atomic E-state index is 13.8. The van der Waals surface area contributed by atoms with Crippen molar-refractivity contribution in [1.29, 1.82) is 0 Å². The third-order valence-corrected chi connectivity index (χ3v) is 7.91. The van der Waals surface area contributed by atoms with Crippen LogP contribution in [-0.4, -0.2) is 43.8 Å². The summed E-state index contributed by atoms with van der Waals surface area (Å²) < 4.78 is 28.4. The van der Waals surface area contributed by atoms with Crippen LogP contribution in [-0.2, 0) is 26.2 Å². The average Bonchev–Trinajstić information content (AvgIpc) is 2.87. The molecule has 0 aliphatic heterocycles. The number of benzene rings is 3. The van der Waals surface area contributed by atoms with E-state index >= 15 is 0 Å². The van der Waals surface area contributed by atoms with Crippen molar-refractivity contribution >= 4 is 50.7 Å². The van der Waals surface area contributed by atoms with Crippen LogP contribution in [0.5, 0.6) is 0 Å². The van der Waals surface area contributed by atoms with Gasteiger partial charge in [0.25, 0.3) is 10.0 Å². The van der Waals surface area contributed by atoms with E-state index in [2.05, 4.69) is 5.32 Å². The molecule has 1 N–H and O–H groups in total. The van der Waals surface area contributed by atoms with Crippen molar-refractivity contribution in [3.8, 4) is 0 Å². The lowest BCUT2D eigenvalue weighted by Crippen LogP contribution is -2.52. The Morgan fingerprint density at radius 1 is 0.892 bits per heavy atom. The van der Waals surface area contributed by atoms with Gasteiger partial charge < -0.3 is 10.2 Å². The van der Waals surface area contributed by atoms with Crippen LogP contribution in [0.3, 0.4) is 0 Å². The van der Waals surface area contributed by atoms with E-state index in [0.29, 0.717) is 0 Å². The molecule has 0 saturated heterocycles. The number of hydrogen-bond donors (Lipinski definition) is 1. The number of sulfonamides is 1. The zero-order valence-electron chi connectivity index (χ0n) is 20.8. The molecule has 0 radical (unpaired) electrons. The van der Waals surface area contributed by atoms with Gasteiger partial charge in [-0.3, -0.25) is 13.9 Å². The highest BCUT2D eigenvalue weighted by Crippen LogP contribution is 2.33. The number of rotatable bonds is 10. The van der Waals surface area contributed by atoms with Gasteiger partial charge in [0.15, 0.2) is 0 Å². The van der Waals surface area contributed by atoms with Crippen LogP contribution in [0.25, 0.3) is 0 Å². The second-order valence-corrected chi connectivity index (χ2v) is 11.5. The lowest BCUT2D eigenvalue weighted by atomic mass is 10.1. The molecular weight excluding hydrogens is 533 g/mol. The Hall–Kier alpha value is -3.07. The van der Waals surface area contributed by atoms with Gasteiger partial charge in [-0.25, -0.2) is 8.42 Å². The molecule has 1 unspecified atom stereocenters. The second-order valence-electron chi connectivity index (χ2n) is 8.77. The minimum atomic E-state index is -4.22. The summed E-state index contributed by atoms with van der Waals surface area (Å²) in [4.78, 5) is 28.0. The van der Waals surface area contributed by atoms with E-state index in [0.717, 1.165) is 9.87 Å². The number of anilines is 1. The van der Waals surface area contributed by atoms with Gasteiger partial charge in [0.2, 0.25) is 11.8 Å². The Morgan fingerprint density at radius 2 is 1.49 bits per heavy atom. The van der Waals surface area contributed by atoms with Gasteiger partial charge in [-0.2, -0.15) is 0 Å². The van der Waals surface area contributed by atoms with E-state index in [1.54, 1.807) is 25.1 Å². The van der Waals surface area contributed by atoms with Crippen LogP contribution in [0.15, 0.2) is 83.8 Å². The second kappa shape index (κ2) is 12.4. The highest BCUT2D eigenvalue weighted by atomic mass is 35.5. The lowest BCUT2D eigenvalue weighted by Gasteiger charge is -2.32. The third kappa shape index (κ3) is 7.25. The summed E-state index contributed by atoms with van der Waals surface area (Å²) in [5.74, 6) is -0.927. The molecule has 0 heterocycles. The minimum Gasteiger partial charge on any atom is -0.352 e. The molecule has 1 atom stereocenters. The van der Waals surface area contributed by atoms with Crippen molar-refractivity contribution in [2.24, 2.45) is 0 Å². The first kappa shape index (κ1) is 28.5. The average molecular weight is 563 g/mol. The van der Waals surface area contributed by atoms with Gasteiger partial charge >= 0.3 is 0 Å². The van der Waals surface area contributed by atoms with Gasteiger partial charge in [-0.1, -0.05) is 71.7 Å². The molecule has 0 aromatic heterocycles. The largest absolute Gasteiger partial charge is 0.352 e. The van der Waals surface area contributed by atoms with Gasteiger partial charge in [0, 0.05) is 17.6 Å². The molecule has 0 bridgehead atoms. The maximum Gasteiger partial charge on any atom is 0.264 e. The topological polar surface area (TPSA) is 86.8 Å². The Morgan fingerprint density at radius 3 is 2.08 bits per heavy atom. The summed E-state index contributed by atoms with van der Waals surface area (Å²) in [7, 11) is -4.22. The van der Waals surface area contributed by atoms with Gasteiger partial charge in [-0.05, 0) is 56.7 Å². The minimum absolute atomic E-state index is 0.0148. The standard InChI is InChI=1S/C27H29Cl2N3O4S/c1-19(2)30-27(34)20(3)31(17-21-10-6-4-7-11-21)26(33)18-32(25-16-22(28)14-15-24(25)29)37(35,36)23-12-8-5-9-13-23/h4-16,19-20H,17-18H2,1-3H3,(H,30,34). The van der Waals surface area contributed by atoms with Crippen molar-refractivity contribution in [1.82, 2.24) is 10.2 Å². The molecule has 0 spiro atoms. The van der Waals surface area contributed by atoms with Crippen molar-refractivity contribution in [3.05, 3.63) is 94.5 Å². The van der Waals surface area contributed by atoms with Crippen LogP contribution < -0.4 is 9.62 Å². The van der Waals surface area contributed by atoms with Gasteiger partial charge in [0.05, 0.1) is 15.6 Å². The van der Waals surface area contributed by atoms with Crippen LogP contribution >= 0.6 is 23.2 Å².